The Balaban J connectivity index is 1.97. The van der Waals surface area contributed by atoms with Crippen LogP contribution >= 0.6 is 11.3 Å². The normalized spacial score (nSPS) is 21.7. The molecule has 0 bridgehead atoms. The van der Waals surface area contributed by atoms with Gasteiger partial charge in [-0.1, -0.05) is 6.92 Å². The number of rotatable bonds is 6. The third-order valence-electron chi connectivity index (χ3n) is 3.63. The second kappa shape index (κ2) is 6.66. The number of hydrogen-bond donors (Lipinski definition) is 1. The minimum absolute atomic E-state index is 0.333. The lowest BCUT2D eigenvalue weighted by Gasteiger charge is -2.28. The fourth-order valence-electron chi connectivity index (χ4n) is 2.51. The number of nitrogens with zero attached hydrogens (tertiary/aromatic N) is 1. The molecule has 18 heavy (non-hydrogen) atoms. The van der Waals surface area contributed by atoms with Crippen LogP contribution in [0.2, 0.25) is 0 Å². The number of hydrogen-bond acceptors (Lipinski definition) is 4. The number of nitrogens with two attached hydrogens (primary N) is 1. The predicted molar refractivity (Wildman–Crippen MR) is 77.1 cm³/mol. The number of aryl methyl sites for hydroxylation is 1. The SMILES string of the molecule is CCc1ccc(C(CN)N(C)CC2CCCO2)s1. The maximum Gasteiger partial charge on any atom is 0.0702 e. The van der Waals surface area contributed by atoms with Crippen molar-refractivity contribution in [2.24, 2.45) is 5.73 Å². The van der Waals surface area contributed by atoms with Crippen molar-refractivity contribution in [2.75, 3.05) is 26.7 Å². The van der Waals surface area contributed by atoms with E-state index >= 15 is 0 Å². The highest BCUT2D eigenvalue weighted by atomic mass is 32.1. The highest BCUT2D eigenvalue weighted by molar-refractivity contribution is 7.12. The van der Waals surface area contributed by atoms with Gasteiger partial charge in [-0.05, 0) is 38.4 Å². The lowest BCUT2D eigenvalue weighted by molar-refractivity contribution is 0.0694. The Bertz CT molecular complexity index is 360. The smallest absolute Gasteiger partial charge is 0.0702 e. The molecule has 2 N–H and O–H groups in total. The summed E-state index contributed by atoms with van der Waals surface area (Å²) in [5.74, 6) is 0. The second-order valence-corrected chi connectivity index (χ2v) is 6.18. The van der Waals surface area contributed by atoms with Crippen LogP contribution in [0.3, 0.4) is 0 Å². The first-order chi connectivity index (χ1) is 8.74. The minimum Gasteiger partial charge on any atom is -0.377 e. The van der Waals surface area contributed by atoms with Crippen LogP contribution in [0.25, 0.3) is 0 Å². The van der Waals surface area contributed by atoms with Crippen LogP contribution in [-0.4, -0.2) is 37.7 Å². The van der Waals surface area contributed by atoms with Gasteiger partial charge in [0, 0.05) is 29.5 Å². The molecule has 102 valence electrons. The lowest BCUT2D eigenvalue weighted by Crippen LogP contribution is -2.35. The monoisotopic (exact) mass is 268 g/mol. The lowest BCUT2D eigenvalue weighted by atomic mass is 10.1. The maximum atomic E-state index is 5.95. The topological polar surface area (TPSA) is 38.5 Å². The van der Waals surface area contributed by atoms with Gasteiger partial charge in [0.25, 0.3) is 0 Å². The molecule has 1 aromatic heterocycles. The zero-order chi connectivity index (χ0) is 13.0. The molecule has 0 radical (unpaired) electrons. The number of thiophene rings is 1. The Labute approximate surface area is 114 Å². The largest absolute Gasteiger partial charge is 0.377 e. The first kappa shape index (κ1) is 14.0. The van der Waals surface area contributed by atoms with Crippen molar-refractivity contribution in [1.29, 1.82) is 0 Å². The van der Waals surface area contributed by atoms with Crippen molar-refractivity contribution >= 4 is 11.3 Å². The summed E-state index contributed by atoms with van der Waals surface area (Å²) in [7, 11) is 2.16. The van der Waals surface area contributed by atoms with Crippen molar-refractivity contribution in [2.45, 2.75) is 38.3 Å². The summed E-state index contributed by atoms with van der Waals surface area (Å²) in [6.07, 6.45) is 3.89. The maximum absolute atomic E-state index is 5.95. The molecule has 1 aliphatic rings. The van der Waals surface area contributed by atoms with E-state index in [0.29, 0.717) is 18.7 Å². The van der Waals surface area contributed by atoms with Gasteiger partial charge in [-0.25, -0.2) is 0 Å². The van der Waals surface area contributed by atoms with Gasteiger partial charge in [0.05, 0.1) is 12.1 Å². The van der Waals surface area contributed by atoms with Crippen molar-refractivity contribution in [3.8, 4) is 0 Å². The molecule has 2 unspecified atom stereocenters. The molecule has 4 heteroatoms. The van der Waals surface area contributed by atoms with Gasteiger partial charge in [-0.2, -0.15) is 0 Å². The Morgan fingerprint density at radius 1 is 1.56 bits per heavy atom. The molecule has 1 fully saturated rings. The third-order valence-corrected chi connectivity index (χ3v) is 4.96. The van der Waals surface area contributed by atoms with E-state index in [2.05, 4.69) is 31.0 Å². The molecule has 2 rings (SSSR count). The first-order valence-electron chi connectivity index (χ1n) is 6.85. The van der Waals surface area contributed by atoms with E-state index in [9.17, 15) is 0 Å². The molecule has 0 amide bonds. The van der Waals surface area contributed by atoms with Gasteiger partial charge < -0.3 is 10.5 Å². The standard InChI is InChI=1S/C14H24N2OS/c1-3-12-6-7-14(18-12)13(9-15)16(2)10-11-5-4-8-17-11/h6-7,11,13H,3-5,8-10,15H2,1-2H3. The van der Waals surface area contributed by atoms with E-state index in [1.807, 2.05) is 11.3 Å². The highest BCUT2D eigenvalue weighted by Gasteiger charge is 2.23. The van der Waals surface area contributed by atoms with Crippen molar-refractivity contribution < 1.29 is 4.74 Å². The zero-order valence-electron chi connectivity index (χ0n) is 11.4. The molecule has 0 spiro atoms. The molecule has 1 saturated heterocycles. The van der Waals surface area contributed by atoms with Gasteiger partial charge in [0.1, 0.15) is 0 Å². The third kappa shape index (κ3) is 3.32. The summed E-state index contributed by atoms with van der Waals surface area (Å²) in [6, 6.07) is 4.79. The molecule has 1 aromatic rings. The van der Waals surface area contributed by atoms with Gasteiger partial charge >= 0.3 is 0 Å². The van der Waals surface area contributed by atoms with Crippen LogP contribution in [0.4, 0.5) is 0 Å². The van der Waals surface area contributed by atoms with Gasteiger partial charge in [0.2, 0.25) is 0 Å². The van der Waals surface area contributed by atoms with Gasteiger partial charge in [-0.15, -0.1) is 11.3 Å². The predicted octanol–water partition coefficient (Wildman–Crippen LogP) is 2.42. The quantitative estimate of drug-likeness (QED) is 0.861. The summed E-state index contributed by atoms with van der Waals surface area (Å²) >= 11 is 1.89. The van der Waals surface area contributed by atoms with E-state index in [1.54, 1.807) is 0 Å². The van der Waals surface area contributed by atoms with Crippen LogP contribution in [0, 0.1) is 0 Å². The summed E-state index contributed by atoms with van der Waals surface area (Å²) in [5, 5.41) is 0. The first-order valence-corrected chi connectivity index (χ1v) is 7.66. The summed E-state index contributed by atoms with van der Waals surface area (Å²) in [6.45, 7) is 4.78. The molecule has 2 atom stereocenters. The molecule has 0 aromatic carbocycles. The van der Waals surface area contributed by atoms with Crippen LogP contribution in [0.5, 0.6) is 0 Å². The van der Waals surface area contributed by atoms with Crippen molar-refractivity contribution in [3.63, 3.8) is 0 Å². The molecule has 1 aliphatic heterocycles. The van der Waals surface area contributed by atoms with Crippen molar-refractivity contribution in [3.05, 3.63) is 21.9 Å². The van der Waals surface area contributed by atoms with Crippen LogP contribution in [-0.2, 0) is 11.2 Å². The van der Waals surface area contributed by atoms with Crippen LogP contribution in [0.1, 0.15) is 35.6 Å². The summed E-state index contributed by atoms with van der Waals surface area (Å²) < 4.78 is 5.70. The molecular formula is C14H24N2OS. The number of likely N-dealkylation sites (N-methyl/N-ethyl adjacent to an activating group) is 1. The molecule has 2 heterocycles. The Morgan fingerprint density at radius 3 is 2.94 bits per heavy atom. The van der Waals surface area contributed by atoms with Gasteiger partial charge in [-0.3, -0.25) is 4.90 Å². The Kier molecular flexibility index (Phi) is 5.18. The van der Waals surface area contributed by atoms with Gasteiger partial charge in [0.15, 0.2) is 0 Å². The molecule has 0 aliphatic carbocycles. The van der Waals surface area contributed by atoms with Crippen molar-refractivity contribution in [1.82, 2.24) is 4.90 Å². The van der Waals surface area contributed by atoms with E-state index in [1.165, 1.54) is 22.6 Å². The van der Waals surface area contributed by atoms with E-state index in [-0.39, 0.29) is 0 Å². The van der Waals surface area contributed by atoms with Crippen LogP contribution < -0.4 is 5.73 Å². The molecular weight excluding hydrogens is 244 g/mol. The second-order valence-electron chi connectivity index (χ2n) is 4.98. The number of ether oxygens (including phenoxy) is 1. The average molecular weight is 268 g/mol. The zero-order valence-corrected chi connectivity index (χ0v) is 12.2. The van der Waals surface area contributed by atoms with Crippen LogP contribution in [0.15, 0.2) is 12.1 Å². The van der Waals surface area contributed by atoms with E-state index < -0.39 is 0 Å². The fraction of sp³-hybridized carbons (Fsp3) is 0.714. The summed E-state index contributed by atoms with van der Waals surface area (Å²) in [4.78, 5) is 5.17. The average Bonchev–Trinajstić information content (AvgIpc) is 3.01. The summed E-state index contributed by atoms with van der Waals surface area (Å²) in [5.41, 5.74) is 5.95. The Morgan fingerprint density at radius 2 is 2.39 bits per heavy atom. The van der Waals surface area contributed by atoms with E-state index in [4.69, 9.17) is 10.5 Å². The molecule has 3 nitrogen and oxygen atoms in total. The molecule has 0 saturated carbocycles. The Hall–Kier alpha value is -0.420. The van der Waals surface area contributed by atoms with E-state index in [0.717, 1.165) is 19.6 Å². The fourth-order valence-corrected chi connectivity index (χ4v) is 3.65. The minimum atomic E-state index is 0.333. The highest BCUT2D eigenvalue weighted by Crippen LogP contribution is 2.27.